The van der Waals surface area contributed by atoms with E-state index in [-0.39, 0.29) is 11.6 Å². The highest BCUT2D eigenvalue weighted by molar-refractivity contribution is 9.10. The van der Waals surface area contributed by atoms with Gasteiger partial charge in [0.2, 0.25) is 0 Å². The molecule has 1 fully saturated rings. The number of rotatable bonds is 7. The Morgan fingerprint density at radius 2 is 1.76 bits per heavy atom. The Hall–Kier alpha value is -0.420. The minimum absolute atomic E-state index is 0.165. The maximum Gasteiger partial charge on any atom is 0.0434 e. The van der Waals surface area contributed by atoms with Crippen molar-refractivity contribution in [3.63, 3.8) is 0 Å². The van der Waals surface area contributed by atoms with Gasteiger partial charge in [-0.1, -0.05) is 41.9 Å². The number of halogens is 1. The lowest BCUT2D eigenvalue weighted by molar-refractivity contribution is 0.0620. The second-order valence-electron chi connectivity index (χ2n) is 6.05. The SMILES string of the molecule is CCC(CC)(C(Cc1ccc(Br)cc1)NN)N1CCCC1. The lowest BCUT2D eigenvalue weighted by atomic mass is 9.80. The van der Waals surface area contributed by atoms with Crippen LogP contribution in [0.2, 0.25) is 0 Å². The van der Waals surface area contributed by atoms with Crippen molar-refractivity contribution in [2.24, 2.45) is 5.84 Å². The first kappa shape index (κ1) is 16.9. The Morgan fingerprint density at radius 3 is 2.24 bits per heavy atom. The van der Waals surface area contributed by atoms with Crippen LogP contribution in [0.5, 0.6) is 0 Å². The van der Waals surface area contributed by atoms with Gasteiger partial charge in [0.15, 0.2) is 0 Å². The van der Waals surface area contributed by atoms with Gasteiger partial charge >= 0.3 is 0 Å². The molecule has 0 aromatic heterocycles. The van der Waals surface area contributed by atoms with Crippen LogP contribution in [-0.2, 0) is 6.42 Å². The van der Waals surface area contributed by atoms with Crippen LogP contribution in [-0.4, -0.2) is 29.6 Å². The molecule has 0 spiro atoms. The average Bonchev–Trinajstić information content (AvgIpc) is 3.04. The zero-order chi connectivity index (χ0) is 15.3. The van der Waals surface area contributed by atoms with Crippen molar-refractivity contribution in [3.8, 4) is 0 Å². The summed E-state index contributed by atoms with van der Waals surface area (Å²) in [6, 6.07) is 8.88. The summed E-state index contributed by atoms with van der Waals surface area (Å²) < 4.78 is 1.13. The first-order valence-electron chi connectivity index (χ1n) is 8.12. The molecule has 4 heteroatoms. The van der Waals surface area contributed by atoms with Gasteiger partial charge < -0.3 is 0 Å². The highest BCUT2D eigenvalue weighted by Crippen LogP contribution is 2.33. The van der Waals surface area contributed by atoms with Gasteiger partial charge in [0.05, 0.1) is 0 Å². The molecular weight excluding hydrogens is 326 g/mol. The first-order chi connectivity index (χ1) is 10.2. The van der Waals surface area contributed by atoms with Crippen LogP contribution in [0.4, 0.5) is 0 Å². The van der Waals surface area contributed by atoms with E-state index in [0.717, 1.165) is 23.7 Å². The number of benzene rings is 1. The van der Waals surface area contributed by atoms with E-state index in [9.17, 15) is 0 Å². The molecule has 0 saturated carbocycles. The average molecular weight is 354 g/mol. The van der Waals surface area contributed by atoms with Crippen LogP contribution < -0.4 is 11.3 Å². The maximum atomic E-state index is 5.97. The summed E-state index contributed by atoms with van der Waals surface area (Å²) in [6.45, 7) is 7.02. The smallest absolute Gasteiger partial charge is 0.0434 e. The van der Waals surface area contributed by atoms with Crippen molar-refractivity contribution in [2.75, 3.05) is 13.1 Å². The summed E-state index contributed by atoms with van der Waals surface area (Å²) in [4.78, 5) is 2.66. The Labute approximate surface area is 137 Å². The van der Waals surface area contributed by atoms with Crippen LogP contribution in [0.15, 0.2) is 28.7 Å². The van der Waals surface area contributed by atoms with E-state index in [0.29, 0.717) is 0 Å². The quantitative estimate of drug-likeness (QED) is 0.582. The molecule has 1 heterocycles. The molecule has 118 valence electrons. The van der Waals surface area contributed by atoms with Crippen LogP contribution in [0, 0.1) is 0 Å². The second kappa shape index (κ2) is 7.73. The molecule has 0 bridgehead atoms. The number of hydrogen-bond donors (Lipinski definition) is 2. The number of nitrogens with zero attached hydrogens (tertiary/aromatic N) is 1. The van der Waals surface area contributed by atoms with E-state index in [1.54, 1.807) is 0 Å². The predicted octanol–water partition coefficient (Wildman–Crippen LogP) is 3.48. The number of hydrazine groups is 1. The Morgan fingerprint density at radius 1 is 1.19 bits per heavy atom. The first-order valence-corrected chi connectivity index (χ1v) is 8.91. The predicted molar refractivity (Wildman–Crippen MR) is 93.1 cm³/mol. The van der Waals surface area contributed by atoms with E-state index in [2.05, 4.69) is 64.4 Å². The van der Waals surface area contributed by atoms with Gasteiger partial charge in [0.1, 0.15) is 0 Å². The van der Waals surface area contributed by atoms with Gasteiger partial charge in [0, 0.05) is 16.1 Å². The Kier molecular flexibility index (Phi) is 6.23. The van der Waals surface area contributed by atoms with Gasteiger partial charge in [-0.2, -0.15) is 0 Å². The van der Waals surface area contributed by atoms with E-state index in [1.165, 1.54) is 31.5 Å². The maximum absolute atomic E-state index is 5.97. The molecule has 3 N–H and O–H groups in total. The summed E-state index contributed by atoms with van der Waals surface area (Å²) in [6.07, 6.45) is 5.88. The number of likely N-dealkylation sites (tertiary alicyclic amines) is 1. The summed E-state index contributed by atoms with van der Waals surface area (Å²) in [5, 5.41) is 0. The van der Waals surface area contributed by atoms with Crippen LogP contribution >= 0.6 is 15.9 Å². The fourth-order valence-corrected chi connectivity index (χ4v) is 4.10. The van der Waals surface area contributed by atoms with Crippen molar-refractivity contribution in [1.29, 1.82) is 0 Å². The molecule has 1 aliphatic rings. The van der Waals surface area contributed by atoms with E-state index < -0.39 is 0 Å². The highest BCUT2D eigenvalue weighted by atomic mass is 79.9. The minimum Gasteiger partial charge on any atom is -0.296 e. The van der Waals surface area contributed by atoms with E-state index in [4.69, 9.17) is 5.84 Å². The molecule has 1 aromatic carbocycles. The Bertz CT molecular complexity index is 422. The topological polar surface area (TPSA) is 41.3 Å². The number of nitrogens with two attached hydrogens (primary N) is 1. The van der Waals surface area contributed by atoms with Crippen molar-refractivity contribution < 1.29 is 0 Å². The summed E-state index contributed by atoms with van der Waals surface area (Å²) in [5.74, 6) is 5.97. The van der Waals surface area contributed by atoms with Gasteiger partial charge in [-0.15, -0.1) is 0 Å². The van der Waals surface area contributed by atoms with Crippen molar-refractivity contribution >= 4 is 15.9 Å². The van der Waals surface area contributed by atoms with Crippen LogP contribution in [0.1, 0.15) is 45.1 Å². The molecule has 1 aromatic rings. The fraction of sp³-hybridized carbons (Fsp3) is 0.647. The lowest BCUT2D eigenvalue weighted by Crippen LogP contribution is -2.62. The third kappa shape index (κ3) is 3.67. The summed E-state index contributed by atoms with van der Waals surface area (Å²) >= 11 is 3.50. The molecule has 3 nitrogen and oxygen atoms in total. The van der Waals surface area contributed by atoms with E-state index >= 15 is 0 Å². The molecule has 1 aliphatic heterocycles. The van der Waals surface area contributed by atoms with Crippen LogP contribution in [0.25, 0.3) is 0 Å². The molecule has 1 unspecified atom stereocenters. The number of hydrogen-bond acceptors (Lipinski definition) is 3. The Balaban J connectivity index is 2.20. The molecule has 2 rings (SSSR count). The zero-order valence-corrected chi connectivity index (χ0v) is 14.8. The van der Waals surface area contributed by atoms with Crippen LogP contribution in [0.3, 0.4) is 0 Å². The molecule has 21 heavy (non-hydrogen) atoms. The van der Waals surface area contributed by atoms with E-state index in [1.807, 2.05) is 0 Å². The lowest BCUT2D eigenvalue weighted by Gasteiger charge is -2.46. The standard InChI is InChI=1S/C17H28BrN3/c1-3-17(4-2,21-11-5-6-12-21)16(20-19)13-14-7-9-15(18)10-8-14/h7-10,16,20H,3-6,11-13,19H2,1-2H3. The molecule has 1 saturated heterocycles. The van der Waals surface area contributed by atoms with Crippen molar-refractivity contribution in [2.45, 2.75) is 57.5 Å². The molecule has 0 radical (unpaired) electrons. The third-order valence-corrected chi connectivity index (χ3v) is 5.69. The van der Waals surface area contributed by atoms with Crippen molar-refractivity contribution in [3.05, 3.63) is 34.3 Å². The number of nitrogens with one attached hydrogen (secondary N) is 1. The highest BCUT2D eigenvalue weighted by Gasteiger charge is 2.41. The monoisotopic (exact) mass is 353 g/mol. The van der Waals surface area contributed by atoms with Gasteiger partial charge in [-0.3, -0.25) is 16.2 Å². The minimum atomic E-state index is 0.165. The summed E-state index contributed by atoms with van der Waals surface area (Å²) in [7, 11) is 0. The molecule has 0 aliphatic carbocycles. The largest absolute Gasteiger partial charge is 0.296 e. The molecule has 0 amide bonds. The van der Waals surface area contributed by atoms with Gasteiger partial charge in [-0.05, 0) is 62.9 Å². The molecule has 1 atom stereocenters. The zero-order valence-electron chi connectivity index (χ0n) is 13.2. The summed E-state index contributed by atoms with van der Waals surface area (Å²) in [5.41, 5.74) is 4.64. The van der Waals surface area contributed by atoms with Gasteiger partial charge in [-0.25, -0.2) is 0 Å². The second-order valence-corrected chi connectivity index (χ2v) is 6.97. The normalized spacial score (nSPS) is 18.1. The van der Waals surface area contributed by atoms with Crippen molar-refractivity contribution in [1.82, 2.24) is 10.3 Å². The third-order valence-electron chi connectivity index (χ3n) is 5.16. The fourth-order valence-electron chi connectivity index (χ4n) is 3.83. The van der Waals surface area contributed by atoms with Gasteiger partial charge in [0.25, 0.3) is 0 Å². The molecular formula is C17H28BrN3.